The van der Waals surface area contributed by atoms with E-state index < -0.39 is 12.1 Å². The Labute approximate surface area is 193 Å². The minimum absolute atomic E-state index is 0.0255. The van der Waals surface area contributed by atoms with Gasteiger partial charge in [-0.3, -0.25) is 14.4 Å². The fourth-order valence-electron chi connectivity index (χ4n) is 4.86. The summed E-state index contributed by atoms with van der Waals surface area (Å²) in [7, 11) is 1.59. The molecule has 174 valence electrons. The first-order valence-corrected chi connectivity index (χ1v) is 11.5. The molecule has 2 aliphatic rings. The van der Waals surface area contributed by atoms with Crippen LogP contribution in [0.25, 0.3) is 10.9 Å². The van der Waals surface area contributed by atoms with E-state index in [4.69, 9.17) is 11.2 Å². The van der Waals surface area contributed by atoms with E-state index in [1.54, 1.807) is 18.1 Å². The van der Waals surface area contributed by atoms with Gasteiger partial charge in [0.05, 0.1) is 13.2 Å². The first-order valence-electron chi connectivity index (χ1n) is 11.5. The van der Waals surface area contributed by atoms with E-state index in [2.05, 4.69) is 28.5 Å². The van der Waals surface area contributed by atoms with Crippen molar-refractivity contribution in [2.24, 2.45) is 11.8 Å². The highest BCUT2D eigenvalue weighted by Gasteiger charge is 2.40. The molecule has 4 rings (SSSR count). The van der Waals surface area contributed by atoms with E-state index in [0.29, 0.717) is 43.8 Å². The van der Waals surface area contributed by atoms with Crippen LogP contribution in [0.1, 0.15) is 43.1 Å². The van der Waals surface area contributed by atoms with Gasteiger partial charge >= 0.3 is 0 Å². The van der Waals surface area contributed by atoms with Gasteiger partial charge in [0, 0.05) is 29.9 Å². The number of aromatic nitrogens is 1. The monoisotopic (exact) mass is 450 g/mol. The van der Waals surface area contributed by atoms with Crippen molar-refractivity contribution >= 4 is 28.6 Å². The lowest BCUT2D eigenvalue weighted by atomic mass is 9.98. The standard InChI is InChI=1S/C25H30N4O4/c1-4-15-11-21(24(31)27-17(5-2)12-16-9-10-26-23(16)30)29(14-15)25(32)20-13-18-19(28-20)7-6-8-22(18)33-3/h2,6-8,13,15-17,21,28H,4,9-12,14H2,1,3H3,(H,26,30)(H,27,31)/t15-,16+,17-,21+/m1/s1. The van der Waals surface area contributed by atoms with Crippen LogP contribution in [0.5, 0.6) is 5.75 Å². The molecule has 2 aliphatic heterocycles. The molecule has 0 aliphatic carbocycles. The number of terminal acetylenes is 1. The molecular weight excluding hydrogens is 420 g/mol. The van der Waals surface area contributed by atoms with E-state index in [1.807, 2.05) is 18.2 Å². The van der Waals surface area contributed by atoms with Gasteiger partial charge in [-0.15, -0.1) is 6.42 Å². The van der Waals surface area contributed by atoms with E-state index in [1.165, 1.54) is 0 Å². The number of hydrogen-bond donors (Lipinski definition) is 3. The predicted molar refractivity (Wildman–Crippen MR) is 125 cm³/mol. The number of amides is 3. The number of nitrogens with one attached hydrogen (secondary N) is 3. The van der Waals surface area contributed by atoms with Crippen LogP contribution in [0.2, 0.25) is 0 Å². The summed E-state index contributed by atoms with van der Waals surface area (Å²) in [5.41, 5.74) is 1.22. The second-order valence-electron chi connectivity index (χ2n) is 8.83. The van der Waals surface area contributed by atoms with Crippen molar-refractivity contribution in [3.63, 3.8) is 0 Å². The maximum Gasteiger partial charge on any atom is 0.270 e. The minimum atomic E-state index is -0.607. The number of nitrogens with zero attached hydrogens (tertiary/aromatic N) is 1. The maximum absolute atomic E-state index is 13.5. The third-order valence-corrected chi connectivity index (χ3v) is 6.80. The van der Waals surface area contributed by atoms with E-state index >= 15 is 0 Å². The van der Waals surface area contributed by atoms with Gasteiger partial charge in [-0.05, 0) is 43.4 Å². The molecule has 0 saturated carbocycles. The molecule has 2 aromatic rings. The van der Waals surface area contributed by atoms with Crippen LogP contribution in [-0.4, -0.2) is 59.9 Å². The molecule has 0 spiro atoms. The minimum Gasteiger partial charge on any atom is -0.496 e. The SMILES string of the molecule is C#C[C@H](C[C@@H]1CCNC1=O)NC(=O)[C@@H]1C[C@@H](CC)CN1C(=O)c1cc2c(OC)cccc2[nH]1. The molecule has 0 bridgehead atoms. The third kappa shape index (κ3) is 4.54. The Morgan fingerprint density at radius 2 is 2.21 bits per heavy atom. The number of hydrogen-bond acceptors (Lipinski definition) is 4. The molecule has 8 heteroatoms. The first kappa shape index (κ1) is 22.7. The highest BCUT2D eigenvalue weighted by atomic mass is 16.5. The zero-order chi connectivity index (χ0) is 23.5. The molecule has 8 nitrogen and oxygen atoms in total. The number of carbonyl (C=O) groups is 3. The number of H-pyrrole nitrogens is 1. The number of likely N-dealkylation sites (tertiary alicyclic amines) is 1. The molecule has 33 heavy (non-hydrogen) atoms. The highest BCUT2D eigenvalue weighted by molar-refractivity contribution is 6.01. The van der Waals surface area contributed by atoms with Crippen LogP contribution in [0.3, 0.4) is 0 Å². The zero-order valence-electron chi connectivity index (χ0n) is 19.0. The summed E-state index contributed by atoms with van der Waals surface area (Å²) < 4.78 is 5.40. The van der Waals surface area contributed by atoms with Gasteiger partial charge < -0.3 is 25.3 Å². The molecule has 0 unspecified atom stereocenters. The highest BCUT2D eigenvalue weighted by Crippen LogP contribution is 2.30. The second-order valence-corrected chi connectivity index (χ2v) is 8.83. The molecule has 2 fully saturated rings. The number of ether oxygens (including phenoxy) is 1. The zero-order valence-corrected chi connectivity index (χ0v) is 19.0. The van der Waals surface area contributed by atoms with Gasteiger partial charge in [0.15, 0.2) is 0 Å². The van der Waals surface area contributed by atoms with Gasteiger partial charge in [-0.2, -0.15) is 0 Å². The van der Waals surface area contributed by atoms with Gasteiger partial charge in [0.1, 0.15) is 17.5 Å². The van der Waals surface area contributed by atoms with Crippen molar-refractivity contribution in [3.8, 4) is 18.1 Å². The van der Waals surface area contributed by atoms with Gasteiger partial charge in [0.2, 0.25) is 11.8 Å². The van der Waals surface area contributed by atoms with E-state index in [9.17, 15) is 14.4 Å². The Kier molecular flexibility index (Phi) is 6.59. The quantitative estimate of drug-likeness (QED) is 0.562. The van der Waals surface area contributed by atoms with Crippen molar-refractivity contribution in [1.82, 2.24) is 20.5 Å². The number of carbonyl (C=O) groups excluding carboxylic acids is 3. The average molecular weight is 451 g/mol. The summed E-state index contributed by atoms with van der Waals surface area (Å²) in [5, 5.41) is 6.51. The van der Waals surface area contributed by atoms with E-state index in [-0.39, 0.29) is 29.6 Å². The summed E-state index contributed by atoms with van der Waals surface area (Å²) in [4.78, 5) is 43.4. The molecule has 3 N–H and O–H groups in total. The Hall–Kier alpha value is -3.47. The maximum atomic E-state index is 13.5. The predicted octanol–water partition coefficient (Wildman–Crippen LogP) is 2.06. The molecule has 0 radical (unpaired) electrons. The molecular formula is C25H30N4O4. The third-order valence-electron chi connectivity index (χ3n) is 6.80. The van der Waals surface area contributed by atoms with Crippen LogP contribution in [0, 0.1) is 24.2 Å². The largest absolute Gasteiger partial charge is 0.496 e. The Bertz CT molecular complexity index is 1100. The topological polar surface area (TPSA) is 104 Å². The van der Waals surface area contributed by atoms with Gasteiger partial charge in [-0.1, -0.05) is 25.3 Å². The molecule has 4 atom stereocenters. The fraction of sp³-hybridized carbons (Fsp3) is 0.480. The molecule has 1 aromatic carbocycles. The lowest BCUT2D eigenvalue weighted by Gasteiger charge is -2.25. The lowest BCUT2D eigenvalue weighted by Crippen LogP contribution is -2.49. The summed E-state index contributed by atoms with van der Waals surface area (Å²) in [6.45, 7) is 3.20. The van der Waals surface area contributed by atoms with Gasteiger partial charge in [-0.25, -0.2) is 0 Å². The number of rotatable bonds is 7. The first-order chi connectivity index (χ1) is 15.9. The summed E-state index contributed by atoms with van der Waals surface area (Å²) in [6, 6.07) is 6.19. The number of methoxy groups -OCH3 is 1. The molecule has 3 amide bonds. The van der Waals surface area contributed by atoms with Crippen LogP contribution in [0.15, 0.2) is 24.3 Å². The Morgan fingerprint density at radius 1 is 1.39 bits per heavy atom. The van der Waals surface area contributed by atoms with Crippen LogP contribution in [0.4, 0.5) is 0 Å². The summed E-state index contributed by atoms with van der Waals surface area (Å²) >= 11 is 0. The van der Waals surface area contributed by atoms with Crippen molar-refractivity contribution in [1.29, 1.82) is 0 Å². The smallest absolute Gasteiger partial charge is 0.270 e. The number of aromatic amines is 1. The molecule has 1 aromatic heterocycles. The van der Waals surface area contributed by atoms with Crippen molar-refractivity contribution in [3.05, 3.63) is 30.0 Å². The Morgan fingerprint density at radius 3 is 2.88 bits per heavy atom. The summed E-state index contributed by atoms with van der Waals surface area (Å²) in [6.07, 6.45) is 8.22. The fourth-order valence-corrected chi connectivity index (χ4v) is 4.86. The molecule has 3 heterocycles. The van der Waals surface area contributed by atoms with Crippen molar-refractivity contribution in [2.75, 3.05) is 20.2 Å². The molecule has 2 saturated heterocycles. The van der Waals surface area contributed by atoms with Crippen LogP contribution >= 0.6 is 0 Å². The Balaban J connectivity index is 1.52. The average Bonchev–Trinajstić information content (AvgIpc) is 3.55. The number of fused-ring (bicyclic) bond motifs is 1. The lowest BCUT2D eigenvalue weighted by molar-refractivity contribution is -0.126. The van der Waals surface area contributed by atoms with Crippen LogP contribution in [-0.2, 0) is 9.59 Å². The summed E-state index contributed by atoms with van der Waals surface area (Å²) in [5.74, 6) is 2.79. The van der Waals surface area contributed by atoms with Crippen LogP contribution < -0.4 is 15.4 Å². The van der Waals surface area contributed by atoms with Crippen molar-refractivity contribution < 1.29 is 19.1 Å². The second kappa shape index (κ2) is 9.57. The van der Waals surface area contributed by atoms with E-state index in [0.717, 1.165) is 17.3 Å². The normalized spacial score (nSPS) is 23.2. The number of benzene rings is 1. The van der Waals surface area contributed by atoms with Gasteiger partial charge in [0.25, 0.3) is 5.91 Å². The van der Waals surface area contributed by atoms with Crippen molar-refractivity contribution in [2.45, 2.75) is 44.7 Å².